The molecule has 0 aromatic rings. The maximum absolute atomic E-state index is 13.1. The van der Waals surface area contributed by atoms with Gasteiger partial charge in [0, 0.05) is 62.7 Å². The van der Waals surface area contributed by atoms with E-state index in [1.54, 1.807) is 0 Å². The van der Waals surface area contributed by atoms with Crippen LogP contribution >= 0.6 is 0 Å². The summed E-state index contributed by atoms with van der Waals surface area (Å²) in [6.45, 7) is 11.8. The number of nitrogens with one attached hydrogen (secondary N) is 1. The average molecular weight is 391 g/mol. The molecule has 0 bridgehead atoms. The first kappa shape index (κ1) is 20.1. The van der Waals surface area contributed by atoms with Gasteiger partial charge in [-0.3, -0.25) is 14.5 Å². The van der Waals surface area contributed by atoms with E-state index in [1.165, 1.54) is 6.42 Å². The lowest BCUT2D eigenvalue weighted by Crippen LogP contribution is -2.54. The fraction of sp³-hybridized carbons (Fsp3) is 0.909. The molecule has 158 valence electrons. The number of rotatable bonds is 4. The first-order chi connectivity index (χ1) is 13.5. The largest absolute Gasteiger partial charge is 0.341 e. The quantitative estimate of drug-likeness (QED) is 0.791. The van der Waals surface area contributed by atoms with Crippen LogP contribution in [0.15, 0.2) is 0 Å². The Morgan fingerprint density at radius 1 is 0.964 bits per heavy atom. The highest BCUT2D eigenvalue weighted by Crippen LogP contribution is 2.33. The summed E-state index contributed by atoms with van der Waals surface area (Å²) in [4.78, 5) is 32.5. The van der Waals surface area contributed by atoms with E-state index in [0.717, 1.165) is 70.9 Å². The summed E-state index contributed by atoms with van der Waals surface area (Å²) in [5, 5.41) is 3.58. The van der Waals surface area contributed by atoms with Gasteiger partial charge < -0.3 is 15.1 Å². The van der Waals surface area contributed by atoms with Crippen molar-refractivity contribution in [3.8, 4) is 0 Å². The van der Waals surface area contributed by atoms with E-state index < -0.39 is 0 Å². The molecule has 0 radical (unpaired) electrons. The minimum absolute atomic E-state index is 0.0351. The minimum Gasteiger partial charge on any atom is -0.341 e. The summed E-state index contributed by atoms with van der Waals surface area (Å²) in [7, 11) is 0. The van der Waals surface area contributed by atoms with Crippen LogP contribution in [0.2, 0.25) is 0 Å². The standard InChI is InChI=1S/C22H38N4O2/c1-15(2)21(27)26-10-4-5-19-20(26)8-12-24(19)13-16(3)22(28)25-11-7-17-6-9-23-18(17)14-25/h15-20,23H,4-14H2,1-3H3. The molecule has 2 amide bonds. The Morgan fingerprint density at radius 2 is 1.79 bits per heavy atom. The lowest BCUT2D eigenvalue weighted by molar-refractivity contribution is -0.140. The topological polar surface area (TPSA) is 55.9 Å². The van der Waals surface area contributed by atoms with Gasteiger partial charge in [0.05, 0.1) is 0 Å². The van der Waals surface area contributed by atoms with E-state index in [1.807, 2.05) is 13.8 Å². The molecular formula is C22H38N4O2. The molecule has 4 rings (SSSR count). The fourth-order valence-electron chi connectivity index (χ4n) is 6.08. The zero-order chi connectivity index (χ0) is 19.8. The van der Waals surface area contributed by atoms with E-state index in [0.29, 0.717) is 29.9 Å². The Kier molecular flexibility index (Phi) is 5.98. The van der Waals surface area contributed by atoms with Crippen molar-refractivity contribution in [3.63, 3.8) is 0 Å². The molecule has 5 unspecified atom stereocenters. The molecular weight excluding hydrogens is 352 g/mol. The Labute approximate surface area is 170 Å². The third-order valence-corrected chi connectivity index (χ3v) is 7.62. The Balaban J connectivity index is 1.34. The van der Waals surface area contributed by atoms with Crippen molar-refractivity contribution in [3.05, 3.63) is 0 Å². The van der Waals surface area contributed by atoms with Gasteiger partial charge in [0.1, 0.15) is 0 Å². The Morgan fingerprint density at radius 3 is 2.57 bits per heavy atom. The molecule has 4 aliphatic heterocycles. The third-order valence-electron chi connectivity index (χ3n) is 7.62. The molecule has 28 heavy (non-hydrogen) atoms. The summed E-state index contributed by atoms with van der Waals surface area (Å²) in [6, 6.07) is 1.30. The predicted octanol–water partition coefficient (Wildman–Crippen LogP) is 1.55. The van der Waals surface area contributed by atoms with Crippen molar-refractivity contribution >= 4 is 11.8 Å². The number of hydrogen-bond donors (Lipinski definition) is 1. The minimum atomic E-state index is 0.0351. The van der Waals surface area contributed by atoms with Gasteiger partial charge in [-0.1, -0.05) is 20.8 Å². The zero-order valence-corrected chi connectivity index (χ0v) is 17.9. The van der Waals surface area contributed by atoms with E-state index >= 15 is 0 Å². The number of hydrogen-bond acceptors (Lipinski definition) is 4. The van der Waals surface area contributed by atoms with Crippen LogP contribution in [0.3, 0.4) is 0 Å². The Hall–Kier alpha value is -1.14. The SMILES string of the molecule is CC(C)C(=O)N1CCCC2C1CCN2CC(C)C(=O)N1CCC2CCNC2C1. The van der Waals surface area contributed by atoms with Crippen LogP contribution in [0, 0.1) is 17.8 Å². The van der Waals surface area contributed by atoms with Crippen LogP contribution in [0.5, 0.6) is 0 Å². The molecule has 5 atom stereocenters. The second kappa shape index (κ2) is 8.31. The van der Waals surface area contributed by atoms with E-state index in [4.69, 9.17) is 0 Å². The van der Waals surface area contributed by atoms with Gasteiger partial charge in [0.2, 0.25) is 11.8 Å². The lowest BCUT2D eigenvalue weighted by Gasteiger charge is -2.41. The van der Waals surface area contributed by atoms with Gasteiger partial charge in [-0.15, -0.1) is 0 Å². The molecule has 4 saturated heterocycles. The predicted molar refractivity (Wildman–Crippen MR) is 110 cm³/mol. The van der Waals surface area contributed by atoms with Crippen LogP contribution in [-0.4, -0.2) is 83.9 Å². The van der Waals surface area contributed by atoms with Gasteiger partial charge in [-0.05, 0) is 44.6 Å². The van der Waals surface area contributed by atoms with Crippen LogP contribution in [0.4, 0.5) is 0 Å². The molecule has 0 aliphatic carbocycles. The first-order valence-electron chi connectivity index (χ1n) is 11.5. The summed E-state index contributed by atoms with van der Waals surface area (Å²) >= 11 is 0. The average Bonchev–Trinajstić information content (AvgIpc) is 3.33. The number of amides is 2. The number of likely N-dealkylation sites (tertiary alicyclic amines) is 3. The van der Waals surface area contributed by atoms with Crippen LogP contribution in [0.25, 0.3) is 0 Å². The second-order valence-corrected chi connectivity index (χ2v) is 9.83. The normalized spacial score (nSPS) is 34.4. The smallest absolute Gasteiger partial charge is 0.226 e. The van der Waals surface area contributed by atoms with Gasteiger partial charge in [0.25, 0.3) is 0 Å². The molecule has 0 aromatic heterocycles. The van der Waals surface area contributed by atoms with Crippen molar-refractivity contribution in [1.82, 2.24) is 20.0 Å². The summed E-state index contributed by atoms with van der Waals surface area (Å²) in [6.07, 6.45) is 5.72. The van der Waals surface area contributed by atoms with Crippen LogP contribution in [0.1, 0.15) is 52.9 Å². The monoisotopic (exact) mass is 390 g/mol. The van der Waals surface area contributed by atoms with E-state index in [-0.39, 0.29) is 11.8 Å². The van der Waals surface area contributed by atoms with Crippen molar-refractivity contribution in [1.29, 1.82) is 0 Å². The molecule has 4 fully saturated rings. The van der Waals surface area contributed by atoms with E-state index in [2.05, 4.69) is 26.9 Å². The maximum atomic E-state index is 13.1. The van der Waals surface area contributed by atoms with Gasteiger partial charge >= 0.3 is 0 Å². The Bertz CT molecular complexity index is 595. The fourth-order valence-corrected chi connectivity index (χ4v) is 6.08. The van der Waals surface area contributed by atoms with Gasteiger partial charge in [-0.25, -0.2) is 0 Å². The molecule has 4 heterocycles. The van der Waals surface area contributed by atoms with Gasteiger partial charge in [-0.2, -0.15) is 0 Å². The van der Waals surface area contributed by atoms with Crippen molar-refractivity contribution in [2.75, 3.05) is 39.3 Å². The number of nitrogens with zero attached hydrogens (tertiary/aromatic N) is 3. The highest BCUT2D eigenvalue weighted by molar-refractivity contribution is 5.79. The molecule has 0 spiro atoms. The zero-order valence-electron chi connectivity index (χ0n) is 17.9. The van der Waals surface area contributed by atoms with Crippen molar-refractivity contribution < 1.29 is 9.59 Å². The van der Waals surface area contributed by atoms with Gasteiger partial charge in [0.15, 0.2) is 0 Å². The number of piperidine rings is 2. The van der Waals surface area contributed by atoms with Crippen molar-refractivity contribution in [2.24, 2.45) is 17.8 Å². The molecule has 1 N–H and O–H groups in total. The number of fused-ring (bicyclic) bond motifs is 2. The number of carbonyl (C=O) groups excluding carboxylic acids is 2. The molecule has 0 saturated carbocycles. The molecule has 4 aliphatic rings. The highest BCUT2D eigenvalue weighted by atomic mass is 16.2. The van der Waals surface area contributed by atoms with Crippen LogP contribution < -0.4 is 5.32 Å². The molecule has 6 heteroatoms. The van der Waals surface area contributed by atoms with Crippen molar-refractivity contribution in [2.45, 2.75) is 71.0 Å². The lowest BCUT2D eigenvalue weighted by atomic mass is 9.91. The molecule has 0 aromatic carbocycles. The first-order valence-corrected chi connectivity index (χ1v) is 11.5. The third kappa shape index (κ3) is 3.82. The maximum Gasteiger partial charge on any atom is 0.226 e. The second-order valence-electron chi connectivity index (χ2n) is 9.83. The number of carbonyl (C=O) groups is 2. The summed E-state index contributed by atoms with van der Waals surface area (Å²) in [5.41, 5.74) is 0. The summed E-state index contributed by atoms with van der Waals surface area (Å²) in [5.74, 6) is 1.49. The highest BCUT2D eigenvalue weighted by Gasteiger charge is 2.43. The summed E-state index contributed by atoms with van der Waals surface area (Å²) < 4.78 is 0. The van der Waals surface area contributed by atoms with E-state index in [9.17, 15) is 9.59 Å². The van der Waals surface area contributed by atoms with Crippen LogP contribution in [-0.2, 0) is 9.59 Å². The molecule has 6 nitrogen and oxygen atoms in total.